The number of nitrogens with zero attached hydrogens (tertiary/aromatic N) is 2. The van der Waals surface area contributed by atoms with Crippen molar-refractivity contribution in [3.8, 4) is 0 Å². The lowest BCUT2D eigenvalue weighted by atomic mass is 9.74. The van der Waals surface area contributed by atoms with E-state index < -0.39 is 5.97 Å². The number of carboxylic acid groups (broad SMARTS) is 1. The maximum Gasteiger partial charge on any atom is 0.336 e. The molecule has 176 valence electrons. The Labute approximate surface area is 197 Å². The molecule has 1 saturated carbocycles. The smallest absolute Gasteiger partial charge is 0.336 e. The van der Waals surface area contributed by atoms with E-state index in [1.807, 2.05) is 13.0 Å². The van der Waals surface area contributed by atoms with Crippen molar-refractivity contribution in [1.82, 2.24) is 9.55 Å². The number of hydrogen-bond acceptors (Lipinski definition) is 3. The highest BCUT2D eigenvalue weighted by Crippen LogP contribution is 2.44. The van der Waals surface area contributed by atoms with Gasteiger partial charge in [0.05, 0.1) is 16.6 Å². The van der Waals surface area contributed by atoms with Gasteiger partial charge in [-0.3, -0.25) is 0 Å². The third kappa shape index (κ3) is 4.64. The Morgan fingerprint density at radius 1 is 1.12 bits per heavy atom. The Kier molecular flexibility index (Phi) is 6.51. The molecule has 3 atom stereocenters. The summed E-state index contributed by atoms with van der Waals surface area (Å²) in [6.45, 7) is 13.2. The maximum absolute atomic E-state index is 11.8. The Hall–Kier alpha value is -2.82. The predicted molar refractivity (Wildman–Crippen MR) is 136 cm³/mol. The zero-order chi connectivity index (χ0) is 23.9. The lowest BCUT2D eigenvalue weighted by Gasteiger charge is -2.39. The van der Waals surface area contributed by atoms with Crippen LogP contribution in [0.5, 0.6) is 0 Å². The van der Waals surface area contributed by atoms with E-state index in [9.17, 15) is 9.90 Å². The summed E-state index contributed by atoms with van der Waals surface area (Å²) in [7, 11) is 0. The highest BCUT2D eigenvalue weighted by molar-refractivity contribution is 5.95. The summed E-state index contributed by atoms with van der Waals surface area (Å²) in [6.07, 6.45) is 3.57. The van der Waals surface area contributed by atoms with Crippen molar-refractivity contribution in [3.63, 3.8) is 0 Å². The fraction of sp³-hybridized carbons (Fsp3) is 0.500. The minimum Gasteiger partial charge on any atom is -0.478 e. The summed E-state index contributed by atoms with van der Waals surface area (Å²) < 4.78 is 2.37. The van der Waals surface area contributed by atoms with Crippen LogP contribution in [0.25, 0.3) is 11.0 Å². The quantitative estimate of drug-likeness (QED) is 0.409. The summed E-state index contributed by atoms with van der Waals surface area (Å²) in [5.74, 6) is 2.15. The molecule has 0 spiro atoms. The topological polar surface area (TPSA) is 67.2 Å². The van der Waals surface area contributed by atoms with Crippen LogP contribution in [-0.4, -0.2) is 20.6 Å². The minimum absolute atomic E-state index is 0.317. The second-order valence-electron chi connectivity index (χ2n) is 10.6. The molecule has 0 bridgehead atoms. The number of aromatic carboxylic acids is 1. The fourth-order valence-corrected chi connectivity index (χ4v) is 5.43. The first-order valence-corrected chi connectivity index (χ1v) is 12.3. The van der Waals surface area contributed by atoms with E-state index in [0.29, 0.717) is 35.3 Å². The van der Waals surface area contributed by atoms with Crippen molar-refractivity contribution in [2.45, 2.75) is 72.8 Å². The third-order valence-corrected chi connectivity index (χ3v) is 7.42. The van der Waals surface area contributed by atoms with Gasteiger partial charge in [0.25, 0.3) is 0 Å². The molecule has 5 heteroatoms. The number of hydrogen-bond donors (Lipinski definition) is 2. The van der Waals surface area contributed by atoms with Crippen LogP contribution in [-0.2, 0) is 0 Å². The molecule has 5 nitrogen and oxygen atoms in total. The molecule has 0 radical (unpaired) electrons. The van der Waals surface area contributed by atoms with Crippen molar-refractivity contribution in [3.05, 3.63) is 53.1 Å². The van der Waals surface area contributed by atoms with Crippen LogP contribution in [0.3, 0.4) is 0 Å². The molecule has 1 fully saturated rings. The summed E-state index contributed by atoms with van der Waals surface area (Å²) in [5.41, 5.74) is 5.14. The number of aryl methyl sites for hydroxylation is 1. The number of benzene rings is 2. The van der Waals surface area contributed by atoms with Crippen molar-refractivity contribution in [2.75, 3.05) is 5.32 Å². The minimum atomic E-state index is -0.908. The van der Waals surface area contributed by atoms with Crippen LogP contribution in [0.4, 0.5) is 11.6 Å². The van der Waals surface area contributed by atoms with Crippen LogP contribution in [0.15, 0.2) is 36.4 Å². The second kappa shape index (κ2) is 9.20. The molecule has 1 aliphatic rings. The largest absolute Gasteiger partial charge is 0.478 e. The van der Waals surface area contributed by atoms with E-state index in [1.54, 1.807) is 6.07 Å². The fourth-order valence-electron chi connectivity index (χ4n) is 5.43. The lowest BCUT2D eigenvalue weighted by Crippen LogP contribution is -2.30. The Balaban J connectivity index is 1.86. The number of fused-ring (bicyclic) bond motifs is 1. The van der Waals surface area contributed by atoms with Gasteiger partial charge in [-0.1, -0.05) is 53.2 Å². The molecule has 3 aromatic rings. The van der Waals surface area contributed by atoms with E-state index in [0.717, 1.165) is 34.7 Å². The van der Waals surface area contributed by atoms with Gasteiger partial charge < -0.3 is 15.0 Å². The van der Waals surface area contributed by atoms with E-state index >= 15 is 0 Å². The summed E-state index contributed by atoms with van der Waals surface area (Å²) in [5, 5.41) is 13.2. The standard InChI is InChI=1S/C28H37N3O2/c1-16(2)20-8-10-21(11-9-20)29-28-30-24-15-23(27(32)33)19(6)14-26(24)31(28)25-13-18(5)7-12-22(25)17(3)4/h8-11,14-18,22,25H,7,12-13H2,1-6H3,(H,29,30)(H,32,33)/t18-,22+,25-/m1/s1. The van der Waals surface area contributed by atoms with Crippen LogP contribution < -0.4 is 5.32 Å². The van der Waals surface area contributed by atoms with Gasteiger partial charge in [-0.05, 0) is 78.8 Å². The second-order valence-corrected chi connectivity index (χ2v) is 10.6. The zero-order valence-corrected chi connectivity index (χ0v) is 20.7. The van der Waals surface area contributed by atoms with E-state index in [1.165, 1.54) is 18.4 Å². The molecule has 0 saturated heterocycles. The molecule has 0 aliphatic heterocycles. The SMILES string of the molecule is Cc1cc2c(cc1C(=O)O)nc(Nc1ccc(C(C)C)cc1)n2[C@@H]1C[C@H](C)CC[C@H]1C(C)C. The number of aromatic nitrogens is 2. The first-order chi connectivity index (χ1) is 15.7. The van der Waals surface area contributed by atoms with Gasteiger partial charge in [-0.15, -0.1) is 0 Å². The number of imidazole rings is 1. The van der Waals surface area contributed by atoms with Gasteiger partial charge in [-0.25, -0.2) is 9.78 Å². The number of anilines is 2. The van der Waals surface area contributed by atoms with Crippen molar-refractivity contribution >= 4 is 28.6 Å². The summed E-state index contributed by atoms with van der Waals surface area (Å²) >= 11 is 0. The van der Waals surface area contributed by atoms with Crippen molar-refractivity contribution in [1.29, 1.82) is 0 Å². The monoisotopic (exact) mass is 447 g/mol. The Morgan fingerprint density at radius 2 is 1.82 bits per heavy atom. The van der Waals surface area contributed by atoms with Gasteiger partial charge in [0.1, 0.15) is 0 Å². The van der Waals surface area contributed by atoms with Crippen LogP contribution in [0.1, 0.15) is 87.3 Å². The molecule has 1 heterocycles. The highest BCUT2D eigenvalue weighted by atomic mass is 16.4. The average molecular weight is 448 g/mol. The van der Waals surface area contributed by atoms with Crippen molar-refractivity contribution in [2.24, 2.45) is 17.8 Å². The van der Waals surface area contributed by atoms with E-state index in [2.05, 4.69) is 68.8 Å². The molecule has 1 aromatic heterocycles. The molecular formula is C28H37N3O2. The number of carboxylic acids is 1. The summed E-state index contributed by atoms with van der Waals surface area (Å²) in [4.78, 5) is 16.7. The van der Waals surface area contributed by atoms with Gasteiger partial charge in [0, 0.05) is 11.7 Å². The van der Waals surface area contributed by atoms with Gasteiger partial charge in [-0.2, -0.15) is 0 Å². The zero-order valence-electron chi connectivity index (χ0n) is 20.7. The van der Waals surface area contributed by atoms with E-state index in [-0.39, 0.29) is 0 Å². The van der Waals surface area contributed by atoms with Gasteiger partial charge in [0.2, 0.25) is 5.95 Å². The van der Waals surface area contributed by atoms with Crippen LogP contribution in [0.2, 0.25) is 0 Å². The predicted octanol–water partition coefficient (Wildman–Crippen LogP) is 7.54. The molecule has 1 aliphatic carbocycles. The molecule has 4 rings (SSSR count). The Bertz CT molecular complexity index is 1140. The normalized spacial score (nSPS) is 21.2. The Morgan fingerprint density at radius 3 is 2.42 bits per heavy atom. The third-order valence-electron chi connectivity index (χ3n) is 7.42. The number of rotatable bonds is 6. The average Bonchev–Trinajstić information content (AvgIpc) is 3.09. The van der Waals surface area contributed by atoms with Crippen LogP contribution >= 0.6 is 0 Å². The molecule has 33 heavy (non-hydrogen) atoms. The van der Waals surface area contributed by atoms with E-state index in [4.69, 9.17) is 4.98 Å². The van der Waals surface area contributed by atoms with Crippen LogP contribution in [0, 0.1) is 24.7 Å². The first kappa shape index (κ1) is 23.3. The van der Waals surface area contributed by atoms with Gasteiger partial charge >= 0.3 is 5.97 Å². The lowest BCUT2D eigenvalue weighted by molar-refractivity contribution is 0.0696. The molecule has 2 N–H and O–H groups in total. The molecular weight excluding hydrogens is 410 g/mol. The maximum atomic E-state index is 11.8. The summed E-state index contributed by atoms with van der Waals surface area (Å²) in [6, 6.07) is 12.6. The van der Waals surface area contributed by atoms with Gasteiger partial charge in [0.15, 0.2) is 0 Å². The number of nitrogens with one attached hydrogen (secondary N) is 1. The first-order valence-electron chi connectivity index (χ1n) is 12.3. The number of carbonyl (C=O) groups is 1. The van der Waals surface area contributed by atoms with Crippen molar-refractivity contribution < 1.29 is 9.90 Å². The molecule has 0 unspecified atom stereocenters. The molecule has 0 amide bonds. The molecule has 2 aromatic carbocycles. The highest BCUT2D eigenvalue weighted by Gasteiger charge is 2.34.